The van der Waals surface area contributed by atoms with E-state index in [4.69, 9.17) is 23.2 Å². The van der Waals surface area contributed by atoms with Gasteiger partial charge in [-0.2, -0.15) is 0 Å². The van der Waals surface area contributed by atoms with E-state index in [1.807, 2.05) is 36.2 Å². The molecule has 348 valence electrons. The number of likely N-dealkylation sites (tertiary alicyclic amines) is 1. The zero-order chi connectivity index (χ0) is 46.7. The molecule has 4 fully saturated rings. The van der Waals surface area contributed by atoms with Gasteiger partial charge in [-0.05, 0) is 100 Å². The number of hydrogen-bond acceptors (Lipinski definition) is 7. The van der Waals surface area contributed by atoms with E-state index in [1.165, 1.54) is 15.2 Å². The zero-order valence-electron chi connectivity index (χ0n) is 37.7. The van der Waals surface area contributed by atoms with Crippen LogP contribution in [0, 0.1) is 17.7 Å². The number of piperidine rings is 1. The van der Waals surface area contributed by atoms with Crippen molar-refractivity contribution in [2.45, 2.75) is 144 Å². The predicted octanol–water partition coefficient (Wildman–Crippen LogP) is 7.57. The Kier molecular flexibility index (Phi) is 12.5. The Balaban J connectivity index is 0.926. The Hall–Kier alpha value is -5.00. The number of likely N-dealkylation sites (N-methyl/N-ethyl adjacent to an activating group) is 1. The van der Waals surface area contributed by atoms with Crippen molar-refractivity contribution in [2.75, 3.05) is 18.5 Å². The number of para-hydroxylation sites is 1. The summed E-state index contributed by atoms with van der Waals surface area (Å²) in [6.07, 6.45) is 10.1. The number of rotatable bonds is 11. The van der Waals surface area contributed by atoms with Crippen LogP contribution in [0.5, 0.6) is 0 Å². The van der Waals surface area contributed by atoms with Crippen molar-refractivity contribution < 1.29 is 28.7 Å². The van der Waals surface area contributed by atoms with Crippen LogP contribution >= 0.6 is 23.2 Å². The lowest BCUT2D eigenvalue weighted by Crippen LogP contribution is -2.62. The molecule has 3 aliphatic heterocycles. The molecule has 1 aromatic heterocycles. The number of unbranched alkanes of at least 4 members (excludes halogenated alkanes) is 5. The molecule has 3 aromatic carbocycles. The summed E-state index contributed by atoms with van der Waals surface area (Å²) >= 11 is 13.3. The van der Waals surface area contributed by atoms with Crippen molar-refractivity contribution in [3.63, 3.8) is 0 Å². The van der Waals surface area contributed by atoms with Crippen molar-refractivity contribution in [1.82, 2.24) is 24.7 Å². The fourth-order valence-electron chi connectivity index (χ4n) is 12.5. The van der Waals surface area contributed by atoms with Crippen molar-refractivity contribution in [3.05, 3.63) is 97.6 Å². The van der Waals surface area contributed by atoms with Crippen LogP contribution in [0.1, 0.15) is 132 Å². The van der Waals surface area contributed by atoms with Crippen LogP contribution in [0.15, 0.2) is 59.4 Å². The normalized spacial score (nSPS) is 27.0. The van der Waals surface area contributed by atoms with Gasteiger partial charge in [-0.1, -0.05) is 97.8 Å². The van der Waals surface area contributed by atoms with Crippen LogP contribution in [-0.4, -0.2) is 79.6 Å². The van der Waals surface area contributed by atoms with Crippen molar-refractivity contribution in [1.29, 1.82) is 0 Å². The van der Waals surface area contributed by atoms with E-state index in [0.29, 0.717) is 72.4 Å². The van der Waals surface area contributed by atoms with Gasteiger partial charge in [-0.3, -0.25) is 38.5 Å². The molecule has 12 nitrogen and oxygen atoms in total. The number of nitrogens with zero attached hydrogens (tertiary/aromatic N) is 4. The first-order valence-corrected chi connectivity index (χ1v) is 24.2. The van der Waals surface area contributed by atoms with Crippen LogP contribution in [-0.2, 0) is 31.6 Å². The second-order valence-corrected chi connectivity index (χ2v) is 20.3. The van der Waals surface area contributed by atoms with Crippen molar-refractivity contribution in [2.24, 2.45) is 7.05 Å². The predicted molar refractivity (Wildman–Crippen MR) is 252 cm³/mol. The first-order valence-electron chi connectivity index (χ1n) is 23.5. The molecule has 4 atom stereocenters. The SMILES string of the molecule is CN1[C@@H](C(=O)NC2CC(C)(O)C2)[C@H](c2cccc(Cl)c2F)C2(C(=O)N(CCCCCCCC#Cc3cccc4c3n(C)c(=O)n4C3CCC(=O)NC3=O)c3cc(Cl)ccc32)C12CCCCC2. The third-order valence-electron chi connectivity index (χ3n) is 15.4. The molecule has 4 amide bonds. The summed E-state index contributed by atoms with van der Waals surface area (Å²) in [6, 6.07) is 14.0. The topological polar surface area (TPSA) is 146 Å². The number of fused-ring (bicyclic) bond motifs is 4. The van der Waals surface area contributed by atoms with Gasteiger partial charge in [0.2, 0.25) is 23.6 Å². The Morgan fingerprint density at radius 2 is 1.68 bits per heavy atom. The minimum atomic E-state index is -1.33. The van der Waals surface area contributed by atoms with Crippen LogP contribution in [0.4, 0.5) is 10.1 Å². The summed E-state index contributed by atoms with van der Waals surface area (Å²) in [6.45, 7) is 2.18. The average Bonchev–Trinajstić information content (AvgIpc) is 3.76. The lowest BCUT2D eigenvalue weighted by Gasteiger charge is -2.50. The smallest absolute Gasteiger partial charge is 0.329 e. The highest BCUT2D eigenvalue weighted by Gasteiger charge is 2.76. The second-order valence-electron chi connectivity index (χ2n) is 19.5. The molecule has 15 heteroatoms. The summed E-state index contributed by atoms with van der Waals surface area (Å²) in [5.41, 5.74) is 0.288. The van der Waals surface area contributed by atoms with E-state index in [2.05, 4.69) is 27.4 Å². The molecule has 2 saturated carbocycles. The minimum absolute atomic E-state index is 0.0697. The molecule has 2 spiro atoms. The number of carbonyl (C=O) groups excluding carboxylic acids is 4. The van der Waals surface area contributed by atoms with Gasteiger partial charge >= 0.3 is 5.69 Å². The van der Waals surface area contributed by atoms with E-state index in [1.54, 1.807) is 38.2 Å². The zero-order valence-corrected chi connectivity index (χ0v) is 39.2. The van der Waals surface area contributed by atoms with Gasteiger partial charge in [0.25, 0.3) is 0 Å². The van der Waals surface area contributed by atoms with Crippen LogP contribution in [0.2, 0.25) is 10.0 Å². The number of amides is 4. The van der Waals surface area contributed by atoms with E-state index in [0.717, 1.165) is 50.5 Å². The molecule has 3 N–H and O–H groups in total. The van der Waals surface area contributed by atoms with Gasteiger partial charge in [0.05, 0.1) is 33.3 Å². The van der Waals surface area contributed by atoms with Gasteiger partial charge in [0, 0.05) is 54.6 Å². The molecular weight excluding hydrogens is 883 g/mol. The molecule has 2 unspecified atom stereocenters. The van der Waals surface area contributed by atoms with Gasteiger partial charge in [0.1, 0.15) is 17.3 Å². The van der Waals surface area contributed by atoms with Crippen molar-refractivity contribution >= 4 is 63.6 Å². The monoisotopic (exact) mass is 938 g/mol. The minimum Gasteiger partial charge on any atom is -0.390 e. The summed E-state index contributed by atoms with van der Waals surface area (Å²) in [5, 5.41) is 16.5. The number of hydrogen-bond donors (Lipinski definition) is 3. The Labute approximate surface area is 394 Å². The standard InChI is InChI=1S/C51H57Cl2FN6O6/c1-49(66)29-33(30-49)55-46(63)44-41(34-18-15-19-36(53)42(34)54)51(50(58(44)3)25-11-9-12-26-50)35-22-21-32(52)28-39(35)59(47(51)64)27-13-8-6-4-5-7-10-16-31-17-14-20-37-43(31)57(2)48(65)60(37)38-23-24-40(61)56-45(38)62/h14-15,17-22,28,33,38,41,44,66H,4-9,11-13,23-27,29-30H2,1-3H3,(H,55,63)(H,56,61,62)/t33?,38?,41-,44+,49?,51?/m0/s1. The van der Waals surface area contributed by atoms with E-state index in [9.17, 15) is 24.3 Å². The second kappa shape index (κ2) is 17.9. The fraction of sp³-hybridized carbons (Fsp3) is 0.510. The van der Waals surface area contributed by atoms with E-state index < -0.39 is 46.3 Å². The summed E-state index contributed by atoms with van der Waals surface area (Å²) in [7, 11) is 3.59. The number of halogens is 3. The molecule has 2 saturated heterocycles. The third kappa shape index (κ3) is 7.56. The first-order chi connectivity index (χ1) is 31.6. The fourth-order valence-corrected chi connectivity index (χ4v) is 12.8. The Morgan fingerprint density at radius 1 is 0.955 bits per heavy atom. The van der Waals surface area contributed by atoms with Gasteiger partial charge in [-0.15, -0.1) is 0 Å². The highest BCUT2D eigenvalue weighted by molar-refractivity contribution is 6.31. The maximum absolute atomic E-state index is 16.7. The number of aromatic nitrogens is 2. The summed E-state index contributed by atoms with van der Waals surface area (Å²) < 4.78 is 19.6. The number of benzene rings is 3. The van der Waals surface area contributed by atoms with Gasteiger partial charge < -0.3 is 15.3 Å². The van der Waals surface area contributed by atoms with Gasteiger partial charge in [0.15, 0.2) is 0 Å². The van der Waals surface area contributed by atoms with Crippen LogP contribution in [0.3, 0.4) is 0 Å². The molecule has 4 heterocycles. The Morgan fingerprint density at radius 3 is 2.42 bits per heavy atom. The number of aryl methyl sites for hydroxylation is 1. The number of nitrogens with one attached hydrogen (secondary N) is 2. The molecule has 4 aromatic rings. The molecule has 2 aliphatic carbocycles. The quantitative estimate of drug-likeness (QED) is 0.0800. The third-order valence-corrected chi connectivity index (χ3v) is 15.9. The number of anilines is 1. The molecular formula is C51H57Cl2FN6O6. The van der Waals surface area contributed by atoms with E-state index in [-0.39, 0.29) is 52.9 Å². The van der Waals surface area contributed by atoms with Crippen molar-refractivity contribution in [3.8, 4) is 11.8 Å². The van der Waals surface area contributed by atoms with E-state index >= 15 is 9.18 Å². The van der Waals surface area contributed by atoms with Crippen LogP contribution < -0.4 is 21.2 Å². The molecule has 9 rings (SSSR count). The summed E-state index contributed by atoms with van der Waals surface area (Å²) in [5.74, 6) is 3.72. The summed E-state index contributed by atoms with van der Waals surface area (Å²) in [4.78, 5) is 72.4. The Bertz CT molecular complexity index is 2740. The molecule has 66 heavy (non-hydrogen) atoms. The number of imidazole rings is 1. The maximum atomic E-state index is 16.7. The number of imide groups is 1. The van der Waals surface area contributed by atoms with Gasteiger partial charge in [-0.25, -0.2) is 9.18 Å². The highest BCUT2D eigenvalue weighted by atomic mass is 35.5. The number of aliphatic hydroxyl groups is 1. The average molecular weight is 940 g/mol. The molecule has 0 radical (unpaired) electrons. The van der Waals surface area contributed by atoms with Crippen LogP contribution in [0.25, 0.3) is 11.0 Å². The lowest BCUT2D eigenvalue weighted by atomic mass is 9.55. The lowest BCUT2D eigenvalue weighted by molar-refractivity contribution is -0.136. The largest absolute Gasteiger partial charge is 0.390 e. The molecule has 0 bridgehead atoms. The first kappa shape index (κ1) is 46.1. The molecule has 5 aliphatic rings. The number of carbonyl (C=O) groups is 4. The highest BCUT2D eigenvalue weighted by Crippen LogP contribution is 2.67. The maximum Gasteiger partial charge on any atom is 0.329 e.